The van der Waals surface area contributed by atoms with Gasteiger partial charge >= 0.3 is 12.3 Å². The lowest BCUT2D eigenvalue weighted by atomic mass is 9.80. The molecule has 0 unspecified atom stereocenters. The van der Waals surface area contributed by atoms with Crippen LogP contribution in [0.4, 0.5) is 17.6 Å². The quantitative estimate of drug-likeness (QED) is 0.234. The number of esters is 1. The summed E-state index contributed by atoms with van der Waals surface area (Å²) < 4.78 is 60.4. The summed E-state index contributed by atoms with van der Waals surface area (Å²) in [7, 11) is 0. The molecule has 0 saturated heterocycles. The zero-order valence-electron chi connectivity index (χ0n) is 15.8. The number of hydrogen-bond acceptors (Lipinski definition) is 3. The molecule has 0 bridgehead atoms. The van der Waals surface area contributed by atoms with Gasteiger partial charge in [0.15, 0.2) is 11.6 Å². The summed E-state index contributed by atoms with van der Waals surface area (Å²) in [6, 6.07) is 6.28. The lowest BCUT2D eigenvalue weighted by molar-refractivity contribution is -0.275. The lowest BCUT2D eigenvalue weighted by Gasteiger charge is -2.26. The summed E-state index contributed by atoms with van der Waals surface area (Å²) in [5.74, 6) is -1.68. The number of allylic oxidation sites excluding steroid dienone is 1. The lowest BCUT2D eigenvalue weighted by Crippen LogP contribution is -2.25. The third-order valence-electron chi connectivity index (χ3n) is 5.29. The summed E-state index contributed by atoms with van der Waals surface area (Å²) in [4.78, 5) is 12.4. The first-order chi connectivity index (χ1) is 13.8. The molecule has 29 heavy (non-hydrogen) atoms. The van der Waals surface area contributed by atoms with Gasteiger partial charge in [-0.1, -0.05) is 12.1 Å². The minimum absolute atomic E-state index is 0.0470. The van der Waals surface area contributed by atoms with Crippen LogP contribution in [0.3, 0.4) is 0 Å². The van der Waals surface area contributed by atoms with Gasteiger partial charge in [-0.15, -0.1) is 19.8 Å². The van der Waals surface area contributed by atoms with Gasteiger partial charge < -0.3 is 9.47 Å². The highest BCUT2D eigenvalue weighted by atomic mass is 19.4. The molecule has 1 fully saturated rings. The zero-order chi connectivity index (χ0) is 21.0. The number of halogens is 4. The molecule has 3 rings (SSSR count). The second kappa shape index (κ2) is 8.84. The topological polar surface area (TPSA) is 35.5 Å². The van der Waals surface area contributed by atoms with E-state index in [9.17, 15) is 22.4 Å². The minimum atomic E-state index is -4.98. The van der Waals surface area contributed by atoms with Crippen LogP contribution in [-0.2, 0) is 4.79 Å². The molecule has 0 amide bonds. The second-order valence-corrected chi connectivity index (χ2v) is 7.31. The van der Waals surface area contributed by atoms with Crippen molar-refractivity contribution in [2.45, 2.75) is 44.9 Å². The van der Waals surface area contributed by atoms with Gasteiger partial charge in [-0.2, -0.15) is 0 Å². The maximum absolute atomic E-state index is 14.3. The Morgan fingerprint density at radius 1 is 1.14 bits per heavy atom. The van der Waals surface area contributed by atoms with E-state index < -0.39 is 17.9 Å². The van der Waals surface area contributed by atoms with Crippen LogP contribution < -0.4 is 9.47 Å². The van der Waals surface area contributed by atoms with Gasteiger partial charge in [0, 0.05) is 5.39 Å². The molecule has 0 radical (unpaired) electrons. The van der Waals surface area contributed by atoms with E-state index >= 15 is 0 Å². The number of fused-ring (bicyclic) bond motifs is 1. The van der Waals surface area contributed by atoms with Crippen molar-refractivity contribution < 1.29 is 31.8 Å². The Balaban J connectivity index is 1.66. The molecule has 1 aliphatic rings. The summed E-state index contributed by atoms with van der Waals surface area (Å²) in [6.45, 7) is 3.73. The van der Waals surface area contributed by atoms with Crippen molar-refractivity contribution in [3.05, 3.63) is 48.8 Å². The number of alkyl halides is 3. The predicted molar refractivity (Wildman–Crippen MR) is 101 cm³/mol. The maximum atomic E-state index is 14.3. The van der Waals surface area contributed by atoms with E-state index in [1.165, 1.54) is 24.3 Å². The van der Waals surface area contributed by atoms with E-state index in [0.717, 1.165) is 44.6 Å². The van der Waals surface area contributed by atoms with Crippen LogP contribution >= 0.6 is 0 Å². The number of carbonyl (C=O) groups is 1. The Kier molecular flexibility index (Phi) is 6.45. The molecule has 3 nitrogen and oxygen atoms in total. The van der Waals surface area contributed by atoms with E-state index in [2.05, 4.69) is 11.3 Å². The minimum Gasteiger partial charge on any atom is -0.426 e. The van der Waals surface area contributed by atoms with Gasteiger partial charge in [-0.25, -0.2) is 4.39 Å². The average molecular weight is 410 g/mol. The van der Waals surface area contributed by atoms with Gasteiger partial charge in [-0.3, -0.25) is 4.79 Å². The molecule has 0 aromatic heterocycles. The van der Waals surface area contributed by atoms with Crippen LogP contribution in [0.15, 0.2) is 43.0 Å². The molecule has 0 heterocycles. The molecule has 156 valence electrons. The van der Waals surface area contributed by atoms with Crippen LogP contribution in [0, 0.1) is 17.7 Å². The Morgan fingerprint density at radius 2 is 1.86 bits per heavy atom. The van der Waals surface area contributed by atoms with Crippen molar-refractivity contribution in [2.75, 3.05) is 0 Å². The Morgan fingerprint density at radius 3 is 2.52 bits per heavy atom. The zero-order valence-corrected chi connectivity index (χ0v) is 15.8. The molecular formula is C22H22F4O3. The van der Waals surface area contributed by atoms with E-state index in [1.807, 2.05) is 6.08 Å². The number of carbonyl (C=O) groups excluding carboxylic acids is 1. The molecule has 0 atom stereocenters. The highest BCUT2D eigenvalue weighted by molar-refractivity contribution is 5.87. The van der Waals surface area contributed by atoms with Crippen LogP contribution in [0.5, 0.6) is 11.5 Å². The Labute approximate surface area is 166 Å². The predicted octanol–water partition coefficient (Wildman–Crippen LogP) is 6.56. The molecule has 1 aliphatic carbocycles. The van der Waals surface area contributed by atoms with E-state index in [0.29, 0.717) is 11.3 Å². The monoisotopic (exact) mass is 410 g/mol. The normalized spacial score (nSPS) is 19.7. The Hall–Kier alpha value is -2.57. The molecular weight excluding hydrogens is 388 g/mol. The molecule has 7 heteroatoms. The fourth-order valence-corrected chi connectivity index (χ4v) is 3.76. The van der Waals surface area contributed by atoms with Crippen molar-refractivity contribution >= 4 is 16.7 Å². The van der Waals surface area contributed by atoms with Crippen LogP contribution in [0.2, 0.25) is 0 Å². The van der Waals surface area contributed by atoms with Crippen LogP contribution in [-0.4, -0.2) is 12.3 Å². The molecule has 0 spiro atoms. The van der Waals surface area contributed by atoms with Crippen LogP contribution in [0.1, 0.15) is 38.5 Å². The number of rotatable bonds is 6. The molecule has 2 aromatic carbocycles. The smallest absolute Gasteiger partial charge is 0.426 e. The standard InChI is InChI=1S/C22H22F4O3/c1-2-3-4-14-5-7-15(8-6-14)21(27)28-17-10-11-18-16(13-17)9-12-19(20(18)23)29-22(24,25)26/h2,9-15H,1,3-8H2. The number of ether oxygens (including phenoxy) is 2. The first-order valence-corrected chi connectivity index (χ1v) is 9.57. The van der Waals surface area contributed by atoms with Crippen molar-refractivity contribution in [2.24, 2.45) is 11.8 Å². The molecule has 0 aliphatic heterocycles. The van der Waals surface area contributed by atoms with Gasteiger partial charge in [-0.05, 0) is 74.1 Å². The van der Waals surface area contributed by atoms with Crippen molar-refractivity contribution in [1.29, 1.82) is 0 Å². The Bertz CT molecular complexity index is 883. The largest absolute Gasteiger partial charge is 0.573 e. The van der Waals surface area contributed by atoms with Gasteiger partial charge in [0.05, 0.1) is 5.92 Å². The summed E-state index contributed by atoms with van der Waals surface area (Å²) >= 11 is 0. The van der Waals surface area contributed by atoms with Gasteiger partial charge in [0.25, 0.3) is 0 Å². The summed E-state index contributed by atoms with van der Waals surface area (Å²) in [6.07, 6.45) is 2.46. The SMILES string of the molecule is C=CCCC1CCC(C(=O)Oc2ccc3c(F)c(OC(F)(F)F)ccc3c2)CC1. The third-order valence-corrected chi connectivity index (χ3v) is 5.29. The number of hydrogen-bond donors (Lipinski definition) is 0. The van der Waals surface area contributed by atoms with Crippen molar-refractivity contribution in [3.63, 3.8) is 0 Å². The average Bonchev–Trinajstić information content (AvgIpc) is 2.68. The van der Waals surface area contributed by atoms with Gasteiger partial charge in [0.1, 0.15) is 5.75 Å². The van der Waals surface area contributed by atoms with Gasteiger partial charge in [0.2, 0.25) is 0 Å². The highest BCUT2D eigenvalue weighted by Gasteiger charge is 2.33. The first kappa shape index (κ1) is 21.1. The second-order valence-electron chi connectivity index (χ2n) is 7.31. The van der Waals surface area contributed by atoms with Crippen molar-refractivity contribution in [3.8, 4) is 11.5 Å². The highest BCUT2D eigenvalue weighted by Crippen LogP contribution is 2.34. The maximum Gasteiger partial charge on any atom is 0.573 e. The van der Waals surface area contributed by atoms with Crippen LogP contribution in [0.25, 0.3) is 10.8 Å². The van der Waals surface area contributed by atoms with E-state index in [-0.39, 0.29) is 23.0 Å². The van der Waals surface area contributed by atoms with E-state index in [4.69, 9.17) is 4.74 Å². The number of benzene rings is 2. The first-order valence-electron chi connectivity index (χ1n) is 9.57. The fourth-order valence-electron chi connectivity index (χ4n) is 3.76. The third kappa shape index (κ3) is 5.49. The molecule has 2 aromatic rings. The van der Waals surface area contributed by atoms with Crippen molar-refractivity contribution in [1.82, 2.24) is 0 Å². The molecule has 1 saturated carbocycles. The molecule has 0 N–H and O–H groups in total. The fraction of sp³-hybridized carbons (Fsp3) is 0.409. The summed E-state index contributed by atoms with van der Waals surface area (Å²) in [5, 5.41) is 0.268. The van der Waals surface area contributed by atoms with E-state index in [1.54, 1.807) is 0 Å². The summed E-state index contributed by atoms with van der Waals surface area (Å²) in [5.41, 5.74) is 0.